The van der Waals surface area contributed by atoms with Crippen molar-refractivity contribution >= 4 is 19.7 Å². The van der Waals surface area contributed by atoms with Crippen LogP contribution in [-0.4, -0.2) is 19.7 Å². The van der Waals surface area contributed by atoms with E-state index >= 15 is 0 Å². The van der Waals surface area contributed by atoms with Gasteiger partial charge in [0.15, 0.2) is 8.24 Å². The molecule has 0 aliphatic carbocycles. The lowest BCUT2D eigenvalue weighted by atomic mass is 10.0. The Balaban J connectivity index is 2.49. The van der Waals surface area contributed by atoms with Gasteiger partial charge in [0, 0.05) is 11.1 Å². The second-order valence-corrected chi connectivity index (χ2v) is 10.3. The first-order chi connectivity index (χ1) is 9.47. The monoisotopic (exact) mass is 281 g/mol. The zero-order chi connectivity index (χ0) is 14.6. The van der Waals surface area contributed by atoms with E-state index in [9.17, 15) is 4.79 Å². The largest absolute Gasteiger partial charge is 0.318 e. The van der Waals surface area contributed by atoms with E-state index in [1.807, 2.05) is 60.7 Å². The first-order valence-electron chi connectivity index (χ1n) is 6.72. The summed E-state index contributed by atoms with van der Waals surface area (Å²) in [7, 11) is -1.73. The number of ketones is 1. The van der Waals surface area contributed by atoms with Gasteiger partial charge in [-0.1, -0.05) is 60.7 Å². The van der Waals surface area contributed by atoms with E-state index in [-0.39, 0.29) is 5.78 Å². The average Bonchev–Trinajstić information content (AvgIpc) is 2.45. The van der Waals surface area contributed by atoms with Crippen LogP contribution in [0.25, 0.3) is 0 Å². The molecule has 0 amide bonds. The van der Waals surface area contributed by atoms with Gasteiger partial charge in [0.2, 0.25) is 5.78 Å². The fourth-order valence-electron chi connectivity index (χ4n) is 1.90. The molecule has 3 heteroatoms. The molecule has 0 fully saturated rings. The fraction of sp³-hybridized carbons (Fsp3) is 0.176. The smallest absolute Gasteiger partial charge is 0.210 e. The van der Waals surface area contributed by atoms with Gasteiger partial charge in [-0.05, 0) is 19.6 Å². The van der Waals surface area contributed by atoms with Crippen molar-refractivity contribution in [2.24, 2.45) is 4.66 Å². The van der Waals surface area contributed by atoms with E-state index in [2.05, 4.69) is 19.6 Å². The summed E-state index contributed by atoms with van der Waals surface area (Å²) in [6, 6.07) is 19.1. The molecule has 102 valence electrons. The Hall–Kier alpha value is -2.00. The summed E-state index contributed by atoms with van der Waals surface area (Å²) in [4.78, 5) is 12.7. The van der Waals surface area contributed by atoms with E-state index in [1.165, 1.54) is 0 Å². The van der Waals surface area contributed by atoms with Gasteiger partial charge in [0.05, 0.1) is 0 Å². The highest BCUT2D eigenvalue weighted by Gasteiger charge is 2.20. The van der Waals surface area contributed by atoms with Crippen LogP contribution in [0.4, 0.5) is 0 Å². The Morgan fingerprint density at radius 1 is 0.800 bits per heavy atom. The zero-order valence-corrected chi connectivity index (χ0v) is 13.1. The molecule has 20 heavy (non-hydrogen) atoms. The van der Waals surface area contributed by atoms with Crippen LogP contribution in [0, 0.1) is 0 Å². The van der Waals surface area contributed by atoms with Crippen LogP contribution in [0.5, 0.6) is 0 Å². The molecule has 0 heterocycles. The molecule has 0 bridgehead atoms. The minimum Gasteiger partial charge on any atom is -0.318 e. The van der Waals surface area contributed by atoms with E-state index in [0.29, 0.717) is 11.3 Å². The number of Topliss-reactive ketones (excluding diaryl/α,β-unsaturated/α-hetero) is 1. The van der Waals surface area contributed by atoms with E-state index in [4.69, 9.17) is 4.66 Å². The van der Waals surface area contributed by atoms with Crippen LogP contribution in [-0.2, 0) is 0 Å². The summed E-state index contributed by atoms with van der Waals surface area (Å²) >= 11 is 0. The summed E-state index contributed by atoms with van der Waals surface area (Å²) in [5.74, 6) is -0.000718. The highest BCUT2D eigenvalue weighted by molar-refractivity contribution is 6.77. The molecule has 0 unspecified atom stereocenters. The number of rotatable bonds is 4. The predicted molar refractivity (Wildman–Crippen MR) is 87.1 cm³/mol. The lowest BCUT2D eigenvalue weighted by molar-refractivity contribution is 0.106. The molecule has 0 radical (unpaired) electrons. The Morgan fingerprint density at radius 2 is 1.25 bits per heavy atom. The van der Waals surface area contributed by atoms with Crippen LogP contribution in [0.1, 0.15) is 15.9 Å². The van der Waals surface area contributed by atoms with Gasteiger partial charge in [-0.15, -0.1) is 0 Å². The molecule has 0 spiro atoms. The van der Waals surface area contributed by atoms with Crippen molar-refractivity contribution < 1.29 is 4.79 Å². The number of nitrogens with zero attached hydrogens (tertiary/aromatic N) is 1. The second kappa shape index (κ2) is 5.97. The van der Waals surface area contributed by atoms with Crippen molar-refractivity contribution in [2.75, 3.05) is 0 Å². The maximum atomic E-state index is 12.7. The molecule has 0 aliphatic rings. The summed E-state index contributed by atoms with van der Waals surface area (Å²) in [6.45, 7) is 6.40. The molecule has 0 saturated heterocycles. The summed E-state index contributed by atoms with van der Waals surface area (Å²) in [5.41, 5.74) is 2.16. The van der Waals surface area contributed by atoms with Gasteiger partial charge in [-0.2, -0.15) is 0 Å². The van der Waals surface area contributed by atoms with Gasteiger partial charge in [-0.25, -0.2) is 0 Å². The molecule has 2 aromatic carbocycles. The van der Waals surface area contributed by atoms with Crippen LogP contribution in [0.3, 0.4) is 0 Å². The van der Waals surface area contributed by atoms with Crippen molar-refractivity contribution in [1.29, 1.82) is 0 Å². The molecule has 0 saturated carbocycles. The third-order valence-corrected chi connectivity index (χ3v) is 3.64. The molecule has 0 N–H and O–H groups in total. The number of hydrogen-bond acceptors (Lipinski definition) is 2. The van der Waals surface area contributed by atoms with Crippen molar-refractivity contribution in [3.05, 3.63) is 71.8 Å². The molecule has 0 aliphatic heterocycles. The Morgan fingerprint density at radius 3 is 1.70 bits per heavy atom. The number of hydrogen-bond donors (Lipinski definition) is 0. The summed E-state index contributed by atoms with van der Waals surface area (Å²) in [6.07, 6.45) is 0. The molecular weight excluding hydrogens is 262 g/mol. The van der Waals surface area contributed by atoms with Crippen molar-refractivity contribution in [3.63, 3.8) is 0 Å². The lowest BCUT2D eigenvalue weighted by Gasteiger charge is -2.14. The first kappa shape index (κ1) is 14.4. The van der Waals surface area contributed by atoms with Crippen molar-refractivity contribution in [1.82, 2.24) is 0 Å². The number of carbonyl (C=O) groups is 1. The summed E-state index contributed by atoms with van der Waals surface area (Å²) in [5, 5.41) is 0. The van der Waals surface area contributed by atoms with Gasteiger partial charge in [0.25, 0.3) is 0 Å². The second-order valence-electron chi connectivity index (χ2n) is 5.69. The van der Waals surface area contributed by atoms with Crippen molar-refractivity contribution in [2.45, 2.75) is 19.6 Å². The Bertz CT molecular complexity index is 612. The van der Waals surface area contributed by atoms with Gasteiger partial charge >= 0.3 is 0 Å². The molecule has 2 aromatic rings. The van der Waals surface area contributed by atoms with Crippen LogP contribution in [0.2, 0.25) is 19.6 Å². The minimum absolute atomic E-state index is 0.000718. The van der Waals surface area contributed by atoms with Gasteiger partial charge < -0.3 is 4.66 Å². The van der Waals surface area contributed by atoms with Crippen LogP contribution < -0.4 is 0 Å². The third kappa shape index (κ3) is 3.74. The van der Waals surface area contributed by atoms with Crippen LogP contribution in [0.15, 0.2) is 65.3 Å². The quantitative estimate of drug-likeness (QED) is 0.469. The minimum atomic E-state index is -1.73. The maximum Gasteiger partial charge on any atom is 0.210 e. The predicted octanol–water partition coefficient (Wildman–Crippen LogP) is 4.19. The molecule has 2 rings (SSSR count). The standard InChI is InChI=1S/C17H19NOSi/c1-20(2,3)18-16(14-10-6-4-7-11-14)17(19)15-12-8-5-9-13-15/h4-13H,1-3H3. The normalized spacial score (nSPS) is 12.2. The number of carbonyl (C=O) groups excluding carboxylic acids is 1. The average molecular weight is 281 g/mol. The van der Waals surface area contributed by atoms with Crippen LogP contribution >= 0.6 is 0 Å². The molecule has 0 atom stereocenters. The topological polar surface area (TPSA) is 29.4 Å². The molecule has 0 aromatic heterocycles. The van der Waals surface area contributed by atoms with Gasteiger partial charge in [0.1, 0.15) is 5.71 Å². The maximum absolute atomic E-state index is 12.7. The SMILES string of the molecule is C[Si](C)(C)N=C(C(=O)c1ccccc1)c1ccccc1. The first-order valence-corrected chi connectivity index (χ1v) is 10.2. The Kier molecular flexibility index (Phi) is 4.30. The Labute approximate surface area is 121 Å². The number of benzene rings is 2. The molecule has 2 nitrogen and oxygen atoms in total. The third-order valence-electron chi connectivity index (χ3n) is 2.75. The highest BCUT2D eigenvalue weighted by atomic mass is 28.3. The summed E-state index contributed by atoms with van der Waals surface area (Å²) < 4.78 is 4.76. The van der Waals surface area contributed by atoms with E-state index in [0.717, 1.165) is 5.56 Å². The highest BCUT2D eigenvalue weighted by Crippen LogP contribution is 2.13. The van der Waals surface area contributed by atoms with Crippen molar-refractivity contribution in [3.8, 4) is 0 Å². The molecular formula is C17H19NOSi. The van der Waals surface area contributed by atoms with E-state index < -0.39 is 8.24 Å². The van der Waals surface area contributed by atoms with E-state index in [1.54, 1.807) is 0 Å². The zero-order valence-electron chi connectivity index (χ0n) is 12.1. The van der Waals surface area contributed by atoms with Gasteiger partial charge in [-0.3, -0.25) is 4.79 Å². The fourth-order valence-corrected chi connectivity index (χ4v) is 2.81. The lowest BCUT2D eigenvalue weighted by Crippen LogP contribution is -2.25.